The zero-order chi connectivity index (χ0) is 13.3. The molecule has 0 amide bonds. The molecular formula is C15H31NO2. The van der Waals surface area contributed by atoms with E-state index in [2.05, 4.69) is 12.2 Å². The van der Waals surface area contributed by atoms with Crippen LogP contribution in [-0.4, -0.2) is 37.0 Å². The fourth-order valence-electron chi connectivity index (χ4n) is 2.80. The van der Waals surface area contributed by atoms with Gasteiger partial charge in [-0.05, 0) is 32.7 Å². The lowest BCUT2D eigenvalue weighted by atomic mass is 9.99. The molecule has 1 fully saturated rings. The maximum absolute atomic E-state index is 9.41. The number of aliphatic hydroxyl groups excluding tert-OH is 1. The van der Waals surface area contributed by atoms with Crippen LogP contribution in [-0.2, 0) is 4.74 Å². The van der Waals surface area contributed by atoms with Crippen molar-refractivity contribution < 1.29 is 9.84 Å². The minimum Gasteiger partial charge on any atom is -0.394 e. The molecule has 0 aromatic carbocycles. The summed E-state index contributed by atoms with van der Waals surface area (Å²) in [6.07, 6.45) is 11.3. The van der Waals surface area contributed by atoms with Gasteiger partial charge in [0.15, 0.2) is 0 Å². The van der Waals surface area contributed by atoms with Crippen molar-refractivity contribution in [3.8, 4) is 0 Å². The van der Waals surface area contributed by atoms with Gasteiger partial charge >= 0.3 is 0 Å². The molecular weight excluding hydrogens is 226 g/mol. The van der Waals surface area contributed by atoms with Crippen LogP contribution in [0.15, 0.2) is 0 Å². The minimum atomic E-state index is -0.0776. The lowest BCUT2D eigenvalue weighted by molar-refractivity contribution is 0.0452. The topological polar surface area (TPSA) is 41.5 Å². The highest BCUT2D eigenvalue weighted by molar-refractivity contribution is 4.95. The Morgan fingerprint density at radius 3 is 2.56 bits per heavy atom. The van der Waals surface area contributed by atoms with E-state index in [4.69, 9.17) is 4.74 Å². The van der Waals surface area contributed by atoms with E-state index in [-0.39, 0.29) is 12.1 Å². The molecule has 18 heavy (non-hydrogen) atoms. The normalized spacial score (nSPS) is 27.8. The molecule has 1 saturated carbocycles. The van der Waals surface area contributed by atoms with E-state index in [0.29, 0.717) is 6.10 Å². The number of unbranched alkanes of at least 4 members (excludes halogenated alkanes) is 5. The number of hydrogen-bond acceptors (Lipinski definition) is 3. The molecule has 0 bridgehead atoms. The summed E-state index contributed by atoms with van der Waals surface area (Å²) in [5.41, 5.74) is -0.0776. The summed E-state index contributed by atoms with van der Waals surface area (Å²) < 4.78 is 5.92. The summed E-state index contributed by atoms with van der Waals surface area (Å²) in [6.45, 7) is 3.36. The van der Waals surface area contributed by atoms with Gasteiger partial charge in [0.25, 0.3) is 0 Å². The lowest BCUT2D eigenvalue weighted by Gasteiger charge is -2.26. The zero-order valence-electron chi connectivity index (χ0n) is 12.2. The van der Waals surface area contributed by atoms with Crippen LogP contribution in [0.2, 0.25) is 0 Å². The molecule has 2 unspecified atom stereocenters. The standard InChI is InChI=1S/C15H31NO2/c1-3-4-5-6-7-8-11-18-14-9-10-15(12-14,13-17)16-2/h14,16-17H,3-13H2,1-2H3. The number of aliphatic hydroxyl groups is 1. The number of nitrogens with one attached hydrogen (secondary N) is 1. The monoisotopic (exact) mass is 257 g/mol. The molecule has 108 valence electrons. The van der Waals surface area contributed by atoms with Gasteiger partial charge in [0, 0.05) is 12.1 Å². The van der Waals surface area contributed by atoms with Gasteiger partial charge in [0.1, 0.15) is 0 Å². The summed E-state index contributed by atoms with van der Waals surface area (Å²) >= 11 is 0. The third-order valence-electron chi connectivity index (χ3n) is 4.25. The Balaban J connectivity index is 2.01. The molecule has 0 saturated heterocycles. The minimum absolute atomic E-state index is 0.0776. The van der Waals surface area contributed by atoms with E-state index >= 15 is 0 Å². The molecule has 1 aliphatic carbocycles. The van der Waals surface area contributed by atoms with Gasteiger partial charge in [0.2, 0.25) is 0 Å². The van der Waals surface area contributed by atoms with Crippen molar-refractivity contribution in [2.75, 3.05) is 20.3 Å². The molecule has 3 nitrogen and oxygen atoms in total. The maximum Gasteiger partial charge on any atom is 0.0614 e. The first-order valence-electron chi connectivity index (χ1n) is 7.67. The first-order valence-corrected chi connectivity index (χ1v) is 7.67. The molecule has 0 heterocycles. The van der Waals surface area contributed by atoms with Crippen LogP contribution in [0.4, 0.5) is 0 Å². The van der Waals surface area contributed by atoms with E-state index < -0.39 is 0 Å². The first kappa shape index (κ1) is 15.9. The average Bonchev–Trinajstić information content (AvgIpc) is 2.82. The second kappa shape index (κ2) is 8.89. The van der Waals surface area contributed by atoms with Crippen LogP contribution < -0.4 is 5.32 Å². The SMILES string of the molecule is CCCCCCCCOC1CCC(CO)(NC)C1. The van der Waals surface area contributed by atoms with Gasteiger partial charge in [-0.2, -0.15) is 0 Å². The number of rotatable bonds is 10. The van der Waals surface area contributed by atoms with Crippen LogP contribution >= 0.6 is 0 Å². The Hall–Kier alpha value is -0.120. The summed E-state index contributed by atoms with van der Waals surface area (Å²) in [5, 5.41) is 12.7. The average molecular weight is 257 g/mol. The number of likely N-dealkylation sites (N-methyl/N-ethyl adjacent to an activating group) is 1. The highest BCUT2D eigenvalue weighted by Crippen LogP contribution is 2.31. The van der Waals surface area contributed by atoms with E-state index in [9.17, 15) is 5.11 Å². The Morgan fingerprint density at radius 2 is 1.94 bits per heavy atom. The maximum atomic E-state index is 9.41. The summed E-state index contributed by atoms with van der Waals surface area (Å²) in [7, 11) is 1.94. The van der Waals surface area contributed by atoms with Gasteiger partial charge < -0.3 is 15.2 Å². The van der Waals surface area contributed by atoms with Crippen LogP contribution in [0.3, 0.4) is 0 Å². The highest BCUT2D eigenvalue weighted by Gasteiger charge is 2.37. The van der Waals surface area contributed by atoms with Crippen molar-refractivity contribution in [2.24, 2.45) is 0 Å². The van der Waals surface area contributed by atoms with Gasteiger partial charge in [-0.25, -0.2) is 0 Å². The van der Waals surface area contributed by atoms with E-state index in [1.165, 1.54) is 38.5 Å². The van der Waals surface area contributed by atoms with Crippen LogP contribution in [0.5, 0.6) is 0 Å². The van der Waals surface area contributed by atoms with Crippen molar-refractivity contribution in [1.82, 2.24) is 5.32 Å². The molecule has 0 aliphatic heterocycles. The predicted octanol–water partition coefficient (Wildman–Crippen LogP) is 2.87. The van der Waals surface area contributed by atoms with Crippen LogP contribution in [0.25, 0.3) is 0 Å². The Kier molecular flexibility index (Phi) is 7.87. The third-order valence-corrected chi connectivity index (χ3v) is 4.25. The number of hydrogen-bond donors (Lipinski definition) is 2. The van der Waals surface area contributed by atoms with Gasteiger partial charge in [-0.15, -0.1) is 0 Å². The molecule has 3 heteroatoms. The Labute approximate surface area is 112 Å². The van der Waals surface area contributed by atoms with E-state index in [0.717, 1.165) is 25.9 Å². The van der Waals surface area contributed by atoms with Crippen molar-refractivity contribution in [1.29, 1.82) is 0 Å². The largest absolute Gasteiger partial charge is 0.394 e. The zero-order valence-corrected chi connectivity index (χ0v) is 12.2. The molecule has 2 atom stereocenters. The molecule has 0 radical (unpaired) electrons. The van der Waals surface area contributed by atoms with E-state index in [1.54, 1.807) is 0 Å². The Morgan fingerprint density at radius 1 is 1.22 bits per heavy atom. The molecule has 0 aromatic rings. The van der Waals surface area contributed by atoms with Crippen molar-refractivity contribution in [3.05, 3.63) is 0 Å². The molecule has 0 spiro atoms. The van der Waals surface area contributed by atoms with Crippen molar-refractivity contribution in [3.63, 3.8) is 0 Å². The van der Waals surface area contributed by atoms with Crippen LogP contribution in [0.1, 0.15) is 64.7 Å². The second-order valence-corrected chi connectivity index (χ2v) is 5.69. The van der Waals surface area contributed by atoms with Gasteiger partial charge in [-0.1, -0.05) is 39.0 Å². The summed E-state index contributed by atoms with van der Waals surface area (Å²) in [5.74, 6) is 0. The third kappa shape index (κ3) is 5.25. The van der Waals surface area contributed by atoms with E-state index in [1.807, 2.05) is 7.05 Å². The first-order chi connectivity index (χ1) is 8.76. The number of ether oxygens (including phenoxy) is 1. The highest BCUT2D eigenvalue weighted by atomic mass is 16.5. The molecule has 1 aliphatic rings. The smallest absolute Gasteiger partial charge is 0.0614 e. The van der Waals surface area contributed by atoms with Gasteiger partial charge in [-0.3, -0.25) is 0 Å². The fourth-order valence-corrected chi connectivity index (χ4v) is 2.80. The Bertz CT molecular complexity index is 205. The predicted molar refractivity (Wildman–Crippen MR) is 75.8 cm³/mol. The summed E-state index contributed by atoms with van der Waals surface area (Å²) in [6, 6.07) is 0. The molecule has 2 N–H and O–H groups in total. The summed E-state index contributed by atoms with van der Waals surface area (Å²) in [4.78, 5) is 0. The van der Waals surface area contributed by atoms with Crippen LogP contribution in [0, 0.1) is 0 Å². The lowest BCUT2D eigenvalue weighted by Crippen LogP contribution is -2.44. The van der Waals surface area contributed by atoms with Crippen molar-refractivity contribution >= 4 is 0 Å². The molecule has 0 aromatic heterocycles. The molecule has 1 rings (SSSR count). The van der Waals surface area contributed by atoms with Crippen molar-refractivity contribution in [2.45, 2.75) is 76.4 Å². The fraction of sp³-hybridized carbons (Fsp3) is 1.00. The second-order valence-electron chi connectivity index (χ2n) is 5.69. The quantitative estimate of drug-likeness (QED) is 0.591. The van der Waals surface area contributed by atoms with Gasteiger partial charge in [0.05, 0.1) is 12.7 Å².